The summed E-state index contributed by atoms with van der Waals surface area (Å²) in [4.78, 5) is 0. The maximum atomic E-state index is 6.10. The largest absolute Gasteiger partial charge is 0.367 e. The molecular formula is C14H26N4O. The summed E-state index contributed by atoms with van der Waals surface area (Å²) in [5.74, 6) is 0.866. The fourth-order valence-electron chi connectivity index (χ4n) is 3.00. The molecule has 1 aromatic heterocycles. The van der Waals surface area contributed by atoms with Gasteiger partial charge in [0.2, 0.25) is 0 Å². The number of rotatable bonds is 6. The van der Waals surface area contributed by atoms with Crippen molar-refractivity contribution in [1.29, 1.82) is 0 Å². The molecule has 0 aliphatic heterocycles. The van der Waals surface area contributed by atoms with E-state index in [9.17, 15) is 0 Å². The summed E-state index contributed by atoms with van der Waals surface area (Å²) in [5.41, 5.74) is 6.70. The summed E-state index contributed by atoms with van der Waals surface area (Å²) in [6.45, 7) is 3.38. The highest BCUT2D eigenvalue weighted by molar-refractivity contribution is 4.93. The molecule has 0 bridgehead atoms. The number of aromatic nitrogens is 3. The van der Waals surface area contributed by atoms with E-state index >= 15 is 0 Å². The van der Waals surface area contributed by atoms with Crippen molar-refractivity contribution in [3.63, 3.8) is 0 Å². The molecule has 0 atom stereocenters. The second-order valence-corrected chi connectivity index (χ2v) is 5.79. The van der Waals surface area contributed by atoms with E-state index in [2.05, 4.69) is 17.2 Å². The number of hydrogen-bond acceptors (Lipinski definition) is 4. The average molecular weight is 266 g/mol. The summed E-state index contributed by atoms with van der Waals surface area (Å²) in [6, 6.07) is 0. The first kappa shape index (κ1) is 14.5. The Kier molecular flexibility index (Phi) is 4.93. The molecular weight excluding hydrogens is 240 g/mol. The zero-order chi connectivity index (χ0) is 13.7. The third-order valence-corrected chi connectivity index (χ3v) is 4.26. The van der Waals surface area contributed by atoms with Crippen LogP contribution in [0.15, 0.2) is 6.20 Å². The van der Waals surface area contributed by atoms with Gasteiger partial charge in [0.05, 0.1) is 18.4 Å². The highest BCUT2D eigenvalue weighted by Crippen LogP contribution is 2.36. The fourth-order valence-corrected chi connectivity index (χ4v) is 3.00. The number of nitrogens with two attached hydrogens (primary N) is 1. The van der Waals surface area contributed by atoms with Gasteiger partial charge in [-0.25, -0.2) is 0 Å². The van der Waals surface area contributed by atoms with Crippen LogP contribution in [0.25, 0.3) is 0 Å². The van der Waals surface area contributed by atoms with E-state index < -0.39 is 0 Å². The smallest absolute Gasteiger partial charge is 0.108 e. The van der Waals surface area contributed by atoms with Crippen molar-refractivity contribution in [2.75, 3.05) is 6.54 Å². The molecule has 2 N–H and O–H groups in total. The molecule has 1 saturated carbocycles. The highest BCUT2D eigenvalue weighted by Gasteiger charge is 2.34. The van der Waals surface area contributed by atoms with Crippen molar-refractivity contribution in [2.24, 2.45) is 18.7 Å². The van der Waals surface area contributed by atoms with Gasteiger partial charge in [-0.05, 0) is 31.6 Å². The summed E-state index contributed by atoms with van der Waals surface area (Å²) in [6.07, 6.45) is 9.15. The van der Waals surface area contributed by atoms with Crippen molar-refractivity contribution in [1.82, 2.24) is 15.0 Å². The molecule has 1 heterocycles. The van der Waals surface area contributed by atoms with Crippen molar-refractivity contribution < 1.29 is 4.74 Å². The predicted molar refractivity (Wildman–Crippen MR) is 74.4 cm³/mol. The van der Waals surface area contributed by atoms with Gasteiger partial charge in [-0.1, -0.05) is 25.0 Å². The second kappa shape index (κ2) is 6.48. The molecule has 2 rings (SSSR count). The standard InChI is InChI=1S/C14H26N4O/c1-3-4-12-5-7-14(11-15,8-6-12)19-10-13-9-18(2)17-16-13/h9,12H,3-8,10-11,15H2,1-2H3. The van der Waals surface area contributed by atoms with Gasteiger partial charge < -0.3 is 10.5 Å². The lowest BCUT2D eigenvalue weighted by Gasteiger charge is -2.39. The quantitative estimate of drug-likeness (QED) is 0.855. The minimum Gasteiger partial charge on any atom is -0.367 e. The van der Waals surface area contributed by atoms with E-state index in [4.69, 9.17) is 10.5 Å². The Hall–Kier alpha value is -0.940. The third kappa shape index (κ3) is 3.76. The Morgan fingerprint density at radius 2 is 2.21 bits per heavy atom. The Morgan fingerprint density at radius 1 is 1.47 bits per heavy atom. The molecule has 5 nitrogen and oxygen atoms in total. The number of aryl methyl sites for hydroxylation is 1. The van der Waals surface area contributed by atoms with Crippen LogP contribution in [0.5, 0.6) is 0 Å². The minimum atomic E-state index is -0.137. The van der Waals surface area contributed by atoms with Gasteiger partial charge in [-0.2, -0.15) is 0 Å². The molecule has 108 valence electrons. The van der Waals surface area contributed by atoms with Gasteiger partial charge >= 0.3 is 0 Å². The lowest BCUT2D eigenvalue weighted by molar-refractivity contribution is -0.0826. The van der Waals surface area contributed by atoms with E-state index in [1.807, 2.05) is 13.2 Å². The number of nitrogens with zero attached hydrogens (tertiary/aromatic N) is 3. The summed E-state index contributed by atoms with van der Waals surface area (Å²) < 4.78 is 7.81. The molecule has 1 aromatic rings. The van der Waals surface area contributed by atoms with Crippen molar-refractivity contribution in [2.45, 2.75) is 57.7 Å². The molecule has 5 heteroatoms. The molecule has 1 aliphatic carbocycles. The van der Waals surface area contributed by atoms with Crippen LogP contribution in [0, 0.1) is 5.92 Å². The van der Waals surface area contributed by atoms with Crippen LogP contribution in [0.4, 0.5) is 0 Å². The first-order valence-electron chi connectivity index (χ1n) is 7.36. The molecule has 1 aliphatic rings. The Labute approximate surface area is 115 Å². The Morgan fingerprint density at radius 3 is 2.74 bits per heavy atom. The molecule has 1 fully saturated rings. The Balaban J connectivity index is 1.86. The topological polar surface area (TPSA) is 66.0 Å². The fraction of sp³-hybridized carbons (Fsp3) is 0.857. The average Bonchev–Trinajstić information content (AvgIpc) is 2.85. The van der Waals surface area contributed by atoms with Crippen molar-refractivity contribution >= 4 is 0 Å². The number of hydrogen-bond donors (Lipinski definition) is 1. The lowest BCUT2D eigenvalue weighted by Crippen LogP contribution is -2.43. The van der Waals surface area contributed by atoms with Gasteiger partial charge in [0, 0.05) is 13.6 Å². The van der Waals surface area contributed by atoms with E-state index in [1.165, 1.54) is 25.7 Å². The molecule has 0 amide bonds. The van der Waals surface area contributed by atoms with Gasteiger partial charge in [0.25, 0.3) is 0 Å². The lowest BCUT2D eigenvalue weighted by atomic mass is 9.77. The molecule has 0 saturated heterocycles. The maximum Gasteiger partial charge on any atom is 0.108 e. The second-order valence-electron chi connectivity index (χ2n) is 5.79. The first-order valence-corrected chi connectivity index (χ1v) is 7.36. The maximum absolute atomic E-state index is 6.10. The van der Waals surface area contributed by atoms with E-state index in [0.29, 0.717) is 13.2 Å². The molecule has 0 spiro atoms. The van der Waals surface area contributed by atoms with Crippen molar-refractivity contribution in [3.8, 4) is 0 Å². The zero-order valence-corrected chi connectivity index (χ0v) is 12.1. The number of ether oxygens (including phenoxy) is 1. The van der Waals surface area contributed by atoms with E-state index in [0.717, 1.165) is 24.5 Å². The Bertz CT molecular complexity index is 383. The summed E-state index contributed by atoms with van der Waals surface area (Å²) in [5, 5.41) is 7.98. The first-order chi connectivity index (χ1) is 9.17. The van der Waals surface area contributed by atoms with Crippen LogP contribution in [-0.4, -0.2) is 27.1 Å². The van der Waals surface area contributed by atoms with Crippen molar-refractivity contribution in [3.05, 3.63) is 11.9 Å². The zero-order valence-electron chi connectivity index (χ0n) is 12.1. The molecule has 0 unspecified atom stereocenters. The summed E-state index contributed by atoms with van der Waals surface area (Å²) >= 11 is 0. The SMILES string of the molecule is CCCC1CCC(CN)(OCc2cn(C)nn2)CC1. The van der Waals surface area contributed by atoms with Gasteiger partial charge in [-0.3, -0.25) is 4.68 Å². The monoisotopic (exact) mass is 266 g/mol. The predicted octanol–water partition coefficient (Wildman–Crippen LogP) is 2.02. The highest BCUT2D eigenvalue weighted by atomic mass is 16.5. The summed E-state index contributed by atoms with van der Waals surface area (Å²) in [7, 11) is 1.87. The molecule has 19 heavy (non-hydrogen) atoms. The van der Waals surface area contributed by atoms with Crippen LogP contribution in [0.3, 0.4) is 0 Å². The van der Waals surface area contributed by atoms with Crippen LogP contribution in [0.2, 0.25) is 0 Å². The van der Waals surface area contributed by atoms with E-state index in [1.54, 1.807) is 4.68 Å². The normalized spacial score (nSPS) is 27.6. The van der Waals surface area contributed by atoms with Gasteiger partial charge in [0.15, 0.2) is 0 Å². The van der Waals surface area contributed by atoms with Crippen LogP contribution in [0.1, 0.15) is 51.1 Å². The molecule has 0 aromatic carbocycles. The van der Waals surface area contributed by atoms with Crippen LogP contribution < -0.4 is 5.73 Å². The van der Waals surface area contributed by atoms with E-state index in [-0.39, 0.29) is 5.60 Å². The van der Waals surface area contributed by atoms with Gasteiger partial charge in [0.1, 0.15) is 5.69 Å². The third-order valence-electron chi connectivity index (χ3n) is 4.26. The van der Waals surface area contributed by atoms with Crippen LogP contribution in [-0.2, 0) is 18.4 Å². The minimum absolute atomic E-state index is 0.137. The van der Waals surface area contributed by atoms with Crippen LogP contribution >= 0.6 is 0 Å². The van der Waals surface area contributed by atoms with Gasteiger partial charge in [-0.15, -0.1) is 5.10 Å². The molecule has 0 radical (unpaired) electrons.